The molecule has 39 heavy (non-hydrogen) atoms. The Hall–Kier alpha value is -3.15. The van der Waals surface area contributed by atoms with Crippen molar-refractivity contribution in [3.05, 3.63) is 53.6 Å². The minimum Gasteiger partial charge on any atom is -0.349 e. The maximum absolute atomic E-state index is 13.1. The van der Waals surface area contributed by atoms with Crippen molar-refractivity contribution >= 4 is 22.8 Å². The zero-order valence-corrected chi connectivity index (χ0v) is 22.5. The van der Waals surface area contributed by atoms with Gasteiger partial charge >= 0.3 is 0 Å². The van der Waals surface area contributed by atoms with E-state index in [-0.39, 0.29) is 11.8 Å². The summed E-state index contributed by atoms with van der Waals surface area (Å²) >= 11 is 0. The van der Waals surface area contributed by atoms with Crippen LogP contribution in [0.15, 0.2) is 42.5 Å². The standard InChI is InChI=1S/C33H38N4O2/c38-32(37-30-25-12-19-11-20(14-25)15-26(30)13-19)23-7-5-22(6-8-23)31-34-27-10-9-24(17-29(27)35-31)33(39)36-28-16-18-1-3-21(28)4-2-18/h5-10,17-21,25-26,28,30H,1-4,11-16H2,(H,34,35)(H,36,39)(H,37,38). The third kappa shape index (κ3) is 4.27. The van der Waals surface area contributed by atoms with E-state index in [1.807, 2.05) is 42.5 Å². The molecule has 7 saturated carbocycles. The summed E-state index contributed by atoms with van der Waals surface area (Å²) in [4.78, 5) is 34.3. The molecule has 2 aromatic carbocycles. The smallest absolute Gasteiger partial charge is 0.251 e. The van der Waals surface area contributed by atoms with E-state index in [9.17, 15) is 9.59 Å². The Bertz CT molecular complexity index is 1390. The molecule has 0 saturated heterocycles. The quantitative estimate of drug-likeness (QED) is 0.379. The number of aromatic amines is 1. The molecule has 0 radical (unpaired) electrons. The Labute approximate surface area is 229 Å². The van der Waals surface area contributed by atoms with Crippen molar-refractivity contribution in [1.29, 1.82) is 0 Å². The summed E-state index contributed by atoms with van der Waals surface area (Å²) in [6.45, 7) is 0. The molecule has 1 heterocycles. The molecule has 7 aliphatic carbocycles. The summed E-state index contributed by atoms with van der Waals surface area (Å²) in [7, 11) is 0. The Morgan fingerprint density at radius 1 is 0.692 bits per heavy atom. The van der Waals surface area contributed by atoms with Gasteiger partial charge in [-0.3, -0.25) is 9.59 Å². The molecule has 1 unspecified atom stereocenters. The lowest BCUT2D eigenvalue weighted by Crippen LogP contribution is -2.55. The molecular formula is C33H38N4O2. The van der Waals surface area contributed by atoms with E-state index < -0.39 is 0 Å². The van der Waals surface area contributed by atoms with E-state index in [4.69, 9.17) is 4.98 Å². The number of fused-ring (bicyclic) bond motifs is 4. The van der Waals surface area contributed by atoms with Gasteiger partial charge in [0.2, 0.25) is 0 Å². The van der Waals surface area contributed by atoms with Gasteiger partial charge in [0.15, 0.2) is 0 Å². The van der Waals surface area contributed by atoms with E-state index in [0.29, 0.717) is 41.0 Å². The predicted octanol–water partition coefficient (Wildman–Crippen LogP) is 6.09. The van der Waals surface area contributed by atoms with Gasteiger partial charge in [0.05, 0.1) is 11.0 Å². The molecule has 0 aliphatic heterocycles. The molecule has 3 aromatic rings. The van der Waals surface area contributed by atoms with Crippen LogP contribution in [0.5, 0.6) is 0 Å². The lowest BCUT2D eigenvalue weighted by molar-refractivity contribution is -0.0119. The average Bonchev–Trinajstić information content (AvgIpc) is 3.39. The summed E-state index contributed by atoms with van der Waals surface area (Å²) in [6, 6.07) is 14.1. The first-order valence-electron chi connectivity index (χ1n) is 15.3. The number of aromatic nitrogens is 2. The number of rotatable bonds is 5. The number of hydrogen-bond donors (Lipinski definition) is 3. The molecule has 7 fully saturated rings. The van der Waals surface area contributed by atoms with Crippen molar-refractivity contribution in [2.45, 2.75) is 76.3 Å². The van der Waals surface area contributed by atoms with Crippen LogP contribution in [0.2, 0.25) is 0 Å². The highest BCUT2D eigenvalue weighted by atomic mass is 16.2. The lowest BCUT2D eigenvalue weighted by atomic mass is 9.54. The van der Waals surface area contributed by atoms with Crippen molar-refractivity contribution < 1.29 is 9.59 Å². The number of carbonyl (C=O) groups is 2. The minimum atomic E-state index is 0.0140. The summed E-state index contributed by atoms with van der Waals surface area (Å²) in [5.41, 5.74) is 4.00. The minimum absolute atomic E-state index is 0.0140. The Morgan fingerprint density at radius 2 is 1.36 bits per heavy atom. The second-order valence-electron chi connectivity index (χ2n) is 13.4. The van der Waals surface area contributed by atoms with Crippen molar-refractivity contribution in [3.63, 3.8) is 0 Å². The second kappa shape index (κ2) is 9.21. The fourth-order valence-corrected chi connectivity index (χ4v) is 9.27. The zero-order valence-electron chi connectivity index (χ0n) is 22.5. The molecule has 3 N–H and O–H groups in total. The van der Waals surface area contributed by atoms with E-state index in [0.717, 1.165) is 46.6 Å². The van der Waals surface area contributed by atoms with Gasteiger partial charge in [-0.25, -0.2) is 4.98 Å². The summed E-state index contributed by atoms with van der Waals surface area (Å²) in [5.74, 6) is 5.38. The van der Waals surface area contributed by atoms with Crippen LogP contribution < -0.4 is 10.6 Å². The molecule has 2 amide bonds. The number of amides is 2. The van der Waals surface area contributed by atoms with Gasteiger partial charge in [0, 0.05) is 28.8 Å². The first kappa shape index (κ1) is 23.7. The largest absolute Gasteiger partial charge is 0.349 e. The van der Waals surface area contributed by atoms with Crippen LogP contribution in [0.3, 0.4) is 0 Å². The van der Waals surface area contributed by atoms with Crippen molar-refractivity contribution in [3.8, 4) is 11.4 Å². The van der Waals surface area contributed by atoms with Crippen molar-refractivity contribution in [2.24, 2.45) is 35.5 Å². The molecule has 6 nitrogen and oxygen atoms in total. The van der Waals surface area contributed by atoms with Gasteiger partial charge in [-0.05, 0) is 117 Å². The van der Waals surface area contributed by atoms with Crippen LogP contribution in [0.1, 0.15) is 84.9 Å². The monoisotopic (exact) mass is 522 g/mol. The average molecular weight is 523 g/mol. The molecule has 6 heteroatoms. The first-order chi connectivity index (χ1) is 19.1. The van der Waals surface area contributed by atoms with Gasteiger partial charge in [-0.2, -0.15) is 0 Å². The van der Waals surface area contributed by atoms with Gasteiger partial charge in [0.25, 0.3) is 11.8 Å². The first-order valence-corrected chi connectivity index (χ1v) is 15.3. The van der Waals surface area contributed by atoms with E-state index >= 15 is 0 Å². The molecule has 202 valence electrons. The molecule has 1 atom stereocenters. The van der Waals surface area contributed by atoms with Crippen LogP contribution >= 0.6 is 0 Å². The van der Waals surface area contributed by atoms with Crippen molar-refractivity contribution in [2.75, 3.05) is 0 Å². The summed E-state index contributed by atoms with van der Waals surface area (Å²) in [5, 5.41) is 6.73. The molecule has 0 spiro atoms. The molecule has 7 aliphatic rings. The third-order valence-corrected chi connectivity index (χ3v) is 11.1. The van der Waals surface area contributed by atoms with Gasteiger partial charge in [-0.15, -0.1) is 0 Å². The van der Waals surface area contributed by atoms with Gasteiger partial charge in [0.1, 0.15) is 5.82 Å². The normalized spacial score (nSPS) is 34.4. The van der Waals surface area contributed by atoms with Crippen LogP contribution in [0.4, 0.5) is 0 Å². The number of H-pyrrole nitrogens is 1. The fraction of sp³-hybridized carbons (Fsp3) is 0.545. The number of imidazole rings is 1. The topological polar surface area (TPSA) is 86.9 Å². The van der Waals surface area contributed by atoms with E-state index in [1.165, 1.54) is 57.8 Å². The molecular weight excluding hydrogens is 484 g/mol. The summed E-state index contributed by atoms with van der Waals surface area (Å²) in [6.07, 6.45) is 12.9. The van der Waals surface area contributed by atoms with Crippen LogP contribution in [0, 0.1) is 35.5 Å². The second-order valence-corrected chi connectivity index (χ2v) is 13.4. The van der Waals surface area contributed by atoms with Crippen molar-refractivity contribution in [1.82, 2.24) is 20.6 Å². The van der Waals surface area contributed by atoms with Crippen LogP contribution in [-0.4, -0.2) is 33.9 Å². The SMILES string of the molecule is O=C(NC1CC2CCC1CC2)c1ccc2nc(-c3ccc(C(=O)NC4C5CC6CC(C5)CC4C6)cc3)[nH]c2c1. The number of benzene rings is 2. The Morgan fingerprint density at radius 3 is 2.03 bits per heavy atom. The number of nitrogens with one attached hydrogen (secondary N) is 3. The molecule has 6 bridgehead atoms. The zero-order chi connectivity index (χ0) is 26.1. The van der Waals surface area contributed by atoms with E-state index in [2.05, 4.69) is 15.6 Å². The fourth-order valence-electron chi connectivity index (χ4n) is 9.27. The third-order valence-electron chi connectivity index (χ3n) is 11.1. The highest BCUT2D eigenvalue weighted by Crippen LogP contribution is 2.53. The Balaban J connectivity index is 0.949. The number of carbonyl (C=O) groups excluding carboxylic acids is 2. The lowest BCUT2D eigenvalue weighted by Gasteiger charge is -2.54. The molecule has 1 aromatic heterocycles. The number of hydrogen-bond acceptors (Lipinski definition) is 3. The molecule has 10 rings (SSSR count). The Kier molecular flexibility index (Phi) is 5.60. The number of nitrogens with zero attached hydrogens (tertiary/aromatic N) is 1. The van der Waals surface area contributed by atoms with Crippen LogP contribution in [-0.2, 0) is 0 Å². The maximum atomic E-state index is 13.1. The summed E-state index contributed by atoms with van der Waals surface area (Å²) < 4.78 is 0. The van der Waals surface area contributed by atoms with E-state index in [1.54, 1.807) is 0 Å². The highest BCUT2D eigenvalue weighted by Gasteiger charge is 2.48. The van der Waals surface area contributed by atoms with Gasteiger partial charge < -0.3 is 15.6 Å². The maximum Gasteiger partial charge on any atom is 0.251 e. The van der Waals surface area contributed by atoms with Gasteiger partial charge in [-0.1, -0.05) is 25.0 Å². The van der Waals surface area contributed by atoms with Crippen LogP contribution in [0.25, 0.3) is 22.4 Å². The predicted molar refractivity (Wildman–Crippen MR) is 151 cm³/mol. The highest BCUT2D eigenvalue weighted by molar-refractivity contribution is 5.98.